The molecule has 0 aromatic heterocycles. The summed E-state index contributed by atoms with van der Waals surface area (Å²) in [5.74, 6) is -1.76. The molecular weight excluding hydrogens is 391 g/mol. The Morgan fingerprint density at radius 1 is 0.889 bits per heavy atom. The van der Waals surface area contributed by atoms with E-state index in [1.54, 1.807) is 0 Å². The first kappa shape index (κ1) is 25.4. The smallest absolute Gasteiger partial charge is 0.394 e. The van der Waals surface area contributed by atoms with Gasteiger partial charge in [-0.05, 0) is 13.8 Å². The highest BCUT2D eigenvalue weighted by molar-refractivity contribution is 7.47. The van der Waals surface area contributed by atoms with Crippen LogP contribution < -0.4 is 0 Å². The molecule has 2 unspecified atom stereocenters. The molecule has 0 rings (SSSR count). The van der Waals surface area contributed by atoms with Crippen LogP contribution in [0.3, 0.4) is 0 Å². The maximum absolute atomic E-state index is 11.9. The molecular formula is C14H23O12P. The highest BCUT2D eigenvalue weighted by atomic mass is 31.2. The minimum absolute atomic E-state index is 0.0470. The maximum Gasteiger partial charge on any atom is 0.473 e. The van der Waals surface area contributed by atoms with Crippen molar-refractivity contribution in [2.75, 3.05) is 26.4 Å². The molecule has 0 radical (unpaired) electrons. The van der Waals surface area contributed by atoms with Gasteiger partial charge in [0.2, 0.25) is 0 Å². The van der Waals surface area contributed by atoms with Crippen molar-refractivity contribution in [3.05, 3.63) is 24.3 Å². The summed E-state index contributed by atoms with van der Waals surface area (Å²) in [5, 5.41) is 18.2. The molecule has 0 bridgehead atoms. The van der Waals surface area contributed by atoms with Crippen LogP contribution in [0, 0.1) is 0 Å². The molecule has 0 spiro atoms. The van der Waals surface area contributed by atoms with Gasteiger partial charge in [0.05, 0.1) is 13.2 Å². The summed E-state index contributed by atoms with van der Waals surface area (Å²) in [5.41, 5.74) is 0.0940. The first-order valence-corrected chi connectivity index (χ1v) is 8.91. The molecule has 0 fully saturated rings. The third kappa shape index (κ3) is 11.6. The second-order valence-corrected chi connectivity index (χ2v) is 6.52. The van der Waals surface area contributed by atoms with Gasteiger partial charge in [-0.1, -0.05) is 13.2 Å². The standard InChI is InChI=1S/C14H23O12P/c1-9(2)13(17)23-21-7-11(5-15)25-27(19,20)26-12(6-16)8-22-24-14(18)10(3)4/h11-12,15-16H,1,3,5-8H2,2,4H3,(H,19,20). The van der Waals surface area contributed by atoms with Crippen molar-refractivity contribution < 1.29 is 57.9 Å². The van der Waals surface area contributed by atoms with Crippen molar-refractivity contribution in [1.29, 1.82) is 0 Å². The van der Waals surface area contributed by atoms with Crippen molar-refractivity contribution in [1.82, 2.24) is 0 Å². The van der Waals surface area contributed by atoms with Crippen LogP contribution in [0.5, 0.6) is 0 Å². The minimum atomic E-state index is -4.80. The Bertz CT molecular complexity index is 528. The van der Waals surface area contributed by atoms with E-state index in [2.05, 4.69) is 41.8 Å². The van der Waals surface area contributed by atoms with Gasteiger partial charge in [-0.25, -0.2) is 14.2 Å². The van der Waals surface area contributed by atoms with Crippen molar-refractivity contribution in [3.63, 3.8) is 0 Å². The lowest BCUT2D eigenvalue weighted by atomic mass is 10.4. The largest absolute Gasteiger partial charge is 0.473 e. The molecule has 0 aliphatic rings. The molecule has 0 aliphatic heterocycles. The van der Waals surface area contributed by atoms with Gasteiger partial charge in [-0.15, -0.1) is 0 Å². The predicted molar refractivity (Wildman–Crippen MR) is 87.5 cm³/mol. The van der Waals surface area contributed by atoms with E-state index in [0.29, 0.717) is 0 Å². The number of hydrogen-bond donors (Lipinski definition) is 3. The quantitative estimate of drug-likeness (QED) is 0.150. The zero-order chi connectivity index (χ0) is 21.0. The van der Waals surface area contributed by atoms with Crippen LogP contribution in [0.15, 0.2) is 24.3 Å². The normalized spacial score (nSPS) is 15.3. The number of phosphoric acid groups is 1. The molecule has 12 nitrogen and oxygen atoms in total. The van der Waals surface area contributed by atoms with Crippen molar-refractivity contribution in [3.8, 4) is 0 Å². The number of carbonyl (C=O) groups excluding carboxylic acids is 2. The van der Waals surface area contributed by atoms with Crippen molar-refractivity contribution >= 4 is 19.8 Å². The Balaban J connectivity index is 4.47. The molecule has 0 amide bonds. The average molecular weight is 414 g/mol. The maximum atomic E-state index is 11.9. The number of aliphatic hydroxyl groups is 2. The molecule has 0 saturated heterocycles. The van der Waals surface area contributed by atoms with Gasteiger partial charge >= 0.3 is 19.8 Å². The van der Waals surface area contributed by atoms with E-state index in [1.165, 1.54) is 13.8 Å². The first-order chi connectivity index (χ1) is 12.5. The molecule has 0 heterocycles. The fraction of sp³-hybridized carbons (Fsp3) is 0.571. The zero-order valence-corrected chi connectivity index (χ0v) is 15.8. The van der Waals surface area contributed by atoms with E-state index in [4.69, 9.17) is 10.2 Å². The van der Waals surface area contributed by atoms with E-state index in [1.807, 2.05) is 0 Å². The first-order valence-electron chi connectivity index (χ1n) is 7.42. The lowest BCUT2D eigenvalue weighted by Crippen LogP contribution is -2.28. The second kappa shape index (κ2) is 12.7. The summed E-state index contributed by atoms with van der Waals surface area (Å²) in [7, 11) is -4.80. The Kier molecular flexibility index (Phi) is 11.9. The summed E-state index contributed by atoms with van der Waals surface area (Å²) >= 11 is 0. The summed E-state index contributed by atoms with van der Waals surface area (Å²) < 4.78 is 21.2. The Labute approximate surface area is 155 Å². The van der Waals surface area contributed by atoms with Crippen molar-refractivity contribution in [2.45, 2.75) is 26.1 Å². The van der Waals surface area contributed by atoms with Crippen LogP contribution in [-0.2, 0) is 42.8 Å². The van der Waals surface area contributed by atoms with E-state index >= 15 is 0 Å². The van der Waals surface area contributed by atoms with Gasteiger partial charge in [0, 0.05) is 11.1 Å². The number of aliphatic hydroxyl groups excluding tert-OH is 2. The SMILES string of the molecule is C=C(C)C(=O)OOCC(CO)OP(=O)(O)OC(CO)COOC(=O)C(=C)C. The van der Waals surface area contributed by atoms with Crippen LogP contribution in [0.25, 0.3) is 0 Å². The van der Waals surface area contributed by atoms with Crippen LogP contribution in [-0.4, -0.2) is 65.7 Å². The Morgan fingerprint density at radius 2 is 1.22 bits per heavy atom. The van der Waals surface area contributed by atoms with Crippen LogP contribution in [0.2, 0.25) is 0 Å². The molecule has 0 aliphatic carbocycles. The van der Waals surface area contributed by atoms with E-state index in [9.17, 15) is 19.0 Å². The van der Waals surface area contributed by atoms with Gasteiger partial charge in [0.25, 0.3) is 0 Å². The number of phosphoric ester groups is 1. The molecule has 0 aromatic carbocycles. The van der Waals surface area contributed by atoms with Gasteiger partial charge in [0.1, 0.15) is 25.4 Å². The van der Waals surface area contributed by atoms with E-state index in [0.717, 1.165) is 0 Å². The fourth-order valence-corrected chi connectivity index (χ4v) is 2.16. The number of rotatable bonds is 14. The third-order valence-corrected chi connectivity index (χ3v) is 3.57. The molecule has 2 atom stereocenters. The highest BCUT2D eigenvalue weighted by Gasteiger charge is 2.31. The summed E-state index contributed by atoms with van der Waals surface area (Å²) in [4.78, 5) is 49.4. The van der Waals surface area contributed by atoms with Gasteiger partial charge in [-0.2, -0.15) is 9.78 Å². The topological polar surface area (TPSA) is 167 Å². The minimum Gasteiger partial charge on any atom is -0.394 e. The lowest BCUT2D eigenvalue weighted by molar-refractivity contribution is -0.280. The molecule has 27 heavy (non-hydrogen) atoms. The Morgan fingerprint density at radius 3 is 1.48 bits per heavy atom. The van der Waals surface area contributed by atoms with Crippen LogP contribution in [0.1, 0.15) is 13.8 Å². The molecule has 0 aromatic rings. The summed E-state index contributed by atoms with van der Waals surface area (Å²) in [6.45, 7) is 6.59. The van der Waals surface area contributed by atoms with E-state index < -0.39 is 58.4 Å². The Hall–Kier alpha value is -1.63. The van der Waals surface area contributed by atoms with Crippen molar-refractivity contribution in [2.24, 2.45) is 0 Å². The molecule has 0 saturated carbocycles. The monoisotopic (exact) mass is 414 g/mol. The lowest BCUT2D eigenvalue weighted by Gasteiger charge is -2.21. The third-order valence-electron chi connectivity index (χ3n) is 2.45. The summed E-state index contributed by atoms with van der Waals surface area (Å²) in [6, 6.07) is 0. The molecule has 13 heteroatoms. The predicted octanol–water partition coefficient (Wildman–Crippen LogP) is -0.0564. The van der Waals surface area contributed by atoms with Gasteiger partial charge in [-0.3, -0.25) is 18.8 Å². The zero-order valence-electron chi connectivity index (χ0n) is 14.9. The molecule has 156 valence electrons. The average Bonchev–Trinajstić information content (AvgIpc) is 2.58. The van der Waals surface area contributed by atoms with Crippen LogP contribution in [0.4, 0.5) is 0 Å². The highest BCUT2D eigenvalue weighted by Crippen LogP contribution is 2.45. The number of carbonyl (C=O) groups is 2. The van der Waals surface area contributed by atoms with Gasteiger partial charge < -0.3 is 15.1 Å². The number of hydrogen-bond acceptors (Lipinski definition) is 11. The van der Waals surface area contributed by atoms with Gasteiger partial charge in [0.15, 0.2) is 0 Å². The van der Waals surface area contributed by atoms with E-state index in [-0.39, 0.29) is 11.1 Å². The second-order valence-electron chi connectivity index (χ2n) is 5.16. The fourth-order valence-electron chi connectivity index (χ4n) is 1.10. The summed E-state index contributed by atoms with van der Waals surface area (Å²) in [6.07, 6.45) is -2.81. The molecule has 3 N–H and O–H groups in total. The van der Waals surface area contributed by atoms with Crippen LogP contribution >= 0.6 is 7.82 Å².